The molecule has 2 aliphatic heterocycles. The highest BCUT2D eigenvalue weighted by atomic mass is 16.5. The van der Waals surface area contributed by atoms with Crippen LogP contribution < -0.4 is 4.74 Å². The number of nitrogens with zero attached hydrogens (tertiary/aromatic N) is 2. The first kappa shape index (κ1) is 22.1. The lowest BCUT2D eigenvalue weighted by molar-refractivity contribution is -0.199. The van der Waals surface area contributed by atoms with Crippen LogP contribution in [0.2, 0.25) is 0 Å². The summed E-state index contributed by atoms with van der Waals surface area (Å²) < 4.78 is 6.76. The second kappa shape index (κ2) is 7.96. The van der Waals surface area contributed by atoms with E-state index in [1.165, 1.54) is 24.0 Å². The van der Waals surface area contributed by atoms with Crippen LogP contribution in [0, 0.1) is 11.8 Å². The van der Waals surface area contributed by atoms with Gasteiger partial charge in [-0.2, -0.15) is 0 Å². The molecular formula is C30H38N2O3. The van der Waals surface area contributed by atoms with Crippen LogP contribution in [0.3, 0.4) is 0 Å². The molecule has 5 nitrogen and oxygen atoms in total. The van der Waals surface area contributed by atoms with Crippen LogP contribution in [0.4, 0.5) is 0 Å². The quantitative estimate of drug-likeness (QED) is 0.633. The Hall–Kier alpha value is -2.08. The third kappa shape index (κ3) is 3.17. The molecule has 7 rings (SSSR count). The smallest absolute Gasteiger partial charge is 0.165 e. The first-order valence-electron chi connectivity index (χ1n) is 13.8. The Bertz CT molecular complexity index is 1120. The summed E-state index contributed by atoms with van der Waals surface area (Å²) in [6, 6.07) is 14.8. The normalized spacial score (nSPS) is 35.1. The molecule has 5 atom stereocenters. The van der Waals surface area contributed by atoms with Crippen LogP contribution in [-0.4, -0.2) is 63.9 Å². The molecular weight excluding hydrogens is 436 g/mol. The van der Waals surface area contributed by atoms with Crippen molar-refractivity contribution < 1.29 is 14.9 Å². The van der Waals surface area contributed by atoms with E-state index in [-0.39, 0.29) is 17.9 Å². The van der Waals surface area contributed by atoms with Crippen LogP contribution in [0.1, 0.15) is 55.7 Å². The maximum absolute atomic E-state index is 12.6. The summed E-state index contributed by atoms with van der Waals surface area (Å²) >= 11 is 0. The molecule has 0 aromatic heterocycles. The number of phenolic OH excluding ortho intramolecular Hbond substituents is 1. The van der Waals surface area contributed by atoms with Crippen molar-refractivity contribution in [1.82, 2.24) is 9.80 Å². The van der Waals surface area contributed by atoms with Gasteiger partial charge in [-0.15, -0.1) is 0 Å². The molecule has 0 unspecified atom stereocenters. The van der Waals surface area contributed by atoms with Crippen molar-refractivity contribution >= 4 is 0 Å². The molecule has 3 fully saturated rings. The van der Waals surface area contributed by atoms with Crippen molar-refractivity contribution in [3.05, 3.63) is 59.2 Å². The van der Waals surface area contributed by atoms with Crippen LogP contribution in [-0.2, 0) is 18.4 Å². The summed E-state index contributed by atoms with van der Waals surface area (Å²) in [4.78, 5) is 5.14. The first-order valence-corrected chi connectivity index (χ1v) is 13.8. The van der Waals surface area contributed by atoms with E-state index in [9.17, 15) is 10.2 Å². The predicted molar refractivity (Wildman–Crippen MR) is 136 cm³/mol. The molecule has 5 aliphatic rings. The second-order valence-corrected chi connectivity index (χ2v) is 11.9. The molecule has 186 valence electrons. The molecule has 2 saturated carbocycles. The van der Waals surface area contributed by atoms with Gasteiger partial charge in [0.15, 0.2) is 11.5 Å². The summed E-state index contributed by atoms with van der Waals surface area (Å²) in [6.45, 7) is 7.25. The van der Waals surface area contributed by atoms with E-state index < -0.39 is 11.0 Å². The first-order chi connectivity index (χ1) is 17.0. The number of rotatable bonds is 7. The van der Waals surface area contributed by atoms with Gasteiger partial charge in [0.2, 0.25) is 0 Å². The van der Waals surface area contributed by atoms with Crippen molar-refractivity contribution in [2.75, 3.05) is 26.2 Å². The molecule has 2 aromatic carbocycles. The summed E-state index contributed by atoms with van der Waals surface area (Å²) in [5.41, 5.74) is 2.57. The van der Waals surface area contributed by atoms with Gasteiger partial charge in [-0.05, 0) is 74.7 Å². The Balaban J connectivity index is 1.25. The highest BCUT2D eigenvalue weighted by Crippen LogP contribution is 2.66. The highest BCUT2D eigenvalue weighted by molar-refractivity contribution is 5.62. The van der Waals surface area contributed by atoms with E-state index in [1.807, 2.05) is 6.07 Å². The SMILES string of the molecule is CCN(Cc1ccccc1)C[C@@H]1CC[C@@]2(O)[C@H]3Cc4ccc(O)c5c4[C@@]2(CCN3CC2CC2)[C@H]1O5. The van der Waals surface area contributed by atoms with Crippen LogP contribution >= 0.6 is 0 Å². The van der Waals surface area contributed by atoms with E-state index in [2.05, 4.69) is 53.1 Å². The van der Waals surface area contributed by atoms with Crippen molar-refractivity contribution in [2.45, 2.75) is 75.2 Å². The molecule has 2 heterocycles. The van der Waals surface area contributed by atoms with E-state index in [1.54, 1.807) is 0 Å². The van der Waals surface area contributed by atoms with Gasteiger partial charge >= 0.3 is 0 Å². The molecule has 1 saturated heterocycles. The molecule has 2 bridgehead atoms. The number of hydrogen-bond donors (Lipinski definition) is 2. The average molecular weight is 475 g/mol. The van der Waals surface area contributed by atoms with Crippen molar-refractivity contribution in [3.63, 3.8) is 0 Å². The van der Waals surface area contributed by atoms with E-state index in [0.717, 1.165) is 69.9 Å². The van der Waals surface area contributed by atoms with E-state index in [4.69, 9.17) is 4.74 Å². The highest BCUT2D eigenvalue weighted by Gasteiger charge is 2.72. The van der Waals surface area contributed by atoms with Gasteiger partial charge in [0.25, 0.3) is 0 Å². The third-order valence-electron chi connectivity index (χ3n) is 10.1. The minimum Gasteiger partial charge on any atom is -0.504 e. The number of piperidine rings is 1. The lowest BCUT2D eigenvalue weighted by atomic mass is 9.47. The Morgan fingerprint density at radius 2 is 1.91 bits per heavy atom. The molecule has 0 amide bonds. The molecule has 35 heavy (non-hydrogen) atoms. The van der Waals surface area contributed by atoms with Gasteiger partial charge in [0.1, 0.15) is 6.10 Å². The molecule has 2 N–H and O–H groups in total. The topological polar surface area (TPSA) is 56.2 Å². The maximum atomic E-state index is 12.6. The predicted octanol–water partition coefficient (Wildman–Crippen LogP) is 4.09. The lowest BCUT2D eigenvalue weighted by Crippen LogP contribution is -2.76. The molecule has 5 heteroatoms. The zero-order chi connectivity index (χ0) is 23.8. The zero-order valence-corrected chi connectivity index (χ0v) is 20.8. The number of ether oxygens (including phenoxy) is 1. The minimum atomic E-state index is -0.788. The Labute approximate surface area is 208 Å². The van der Waals surface area contributed by atoms with Gasteiger partial charge in [-0.1, -0.05) is 43.3 Å². The summed E-state index contributed by atoms with van der Waals surface area (Å²) in [5, 5.41) is 23.5. The van der Waals surface area contributed by atoms with E-state index >= 15 is 0 Å². The molecule has 1 spiro atoms. The van der Waals surface area contributed by atoms with Crippen molar-refractivity contribution in [3.8, 4) is 11.5 Å². The van der Waals surface area contributed by atoms with Crippen molar-refractivity contribution in [1.29, 1.82) is 0 Å². The molecule has 0 radical (unpaired) electrons. The lowest BCUT2D eigenvalue weighted by Gasteiger charge is -2.64. The van der Waals surface area contributed by atoms with Crippen molar-refractivity contribution in [2.24, 2.45) is 11.8 Å². The zero-order valence-electron chi connectivity index (χ0n) is 20.8. The fraction of sp³-hybridized carbons (Fsp3) is 0.600. The summed E-state index contributed by atoms with van der Waals surface area (Å²) in [6.07, 6.45) is 6.16. The second-order valence-electron chi connectivity index (χ2n) is 11.9. The fourth-order valence-corrected chi connectivity index (χ4v) is 8.25. The fourth-order valence-electron chi connectivity index (χ4n) is 8.25. The number of phenols is 1. The minimum absolute atomic E-state index is 0.0843. The third-order valence-corrected chi connectivity index (χ3v) is 10.1. The van der Waals surface area contributed by atoms with E-state index in [0.29, 0.717) is 11.7 Å². The van der Waals surface area contributed by atoms with Crippen LogP contribution in [0.5, 0.6) is 11.5 Å². The number of aliphatic hydroxyl groups is 1. The van der Waals surface area contributed by atoms with Gasteiger partial charge in [0.05, 0.1) is 11.0 Å². The monoisotopic (exact) mass is 474 g/mol. The average Bonchev–Trinajstić information content (AvgIpc) is 3.61. The number of hydrogen-bond acceptors (Lipinski definition) is 5. The maximum Gasteiger partial charge on any atom is 0.165 e. The van der Waals surface area contributed by atoms with Gasteiger partial charge in [-0.3, -0.25) is 9.80 Å². The Morgan fingerprint density at radius 1 is 1.09 bits per heavy atom. The number of benzene rings is 2. The standard InChI is InChI=1S/C30H38N2O3/c1-2-31(17-20-6-4-3-5-7-20)19-23-12-13-30(34)25-16-22-10-11-24(33)27-26(22)29(30,28(23)35-27)14-15-32(25)18-21-8-9-21/h3-7,10-11,21,23,25,28,33-34H,2,8-9,12-19H2,1H3/t23-,25+,28-,29-,30+/m0/s1. The van der Waals surface area contributed by atoms with Gasteiger partial charge in [0, 0.05) is 37.2 Å². The largest absolute Gasteiger partial charge is 0.504 e. The number of likely N-dealkylation sites (tertiary alicyclic amines) is 1. The van der Waals surface area contributed by atoms with Crippen LogP contribution in [0.25, 0.3) is 0 Å². The molecule has 2 aromatic rings. The molecule has 3 aliphatic carbocycles. The summed E-state index contributed by atoms with van der Waals surface area (Å²) in [7, 11) is 0. The summed E-state index contributed by atoms with van der Waals surface area (Å²) in [5.74, 6) is 2.04. The Kier molecular flexibility index (Phi) is 5.04. The Morgan fingerprint density at radius 3 is 2.69 bits per heavy atom. The van der Waals surface area contributed by atoms with Crippen LogP contribution in [0.15, 0.2) is 42.5 Å². The van der Waals surface area contributed by atoms with Gasteiger partial charge < -0.3 is 14.9 Å². The number of aromatic hydroxyl groups is 1. The van der Waals surface area contributed by atoms with Gasteiger partial charge in [-0.25, -0.2) is 0 Å².